The summed E-state index contributed by atoms with van der Waals surface area (Å²) in [6.07, 6.45) is 1.52. The van der Waals surface area contributed by atoms with E-state index in [0.29, 0.717) is 16.7 Å². The fraction of sp³-hybridized carbons (Fsp3) is 0.0833. The SMILES string of the molecule is COc1cccc2c1ncc1c(=O)nc(N)sc12. The second-order valence-corrected chi connectivity index (χ2v) is 4.75. The van der Waals surface area contributed by atoms with E-state index < -0.39 is 0 Å². The topological polar surface area (TPSA) is 78.1 Å². The molecule has 0 radical (unpaired) electrons. The molecule has 0 unspecified atom stereocenters. The third-order valence-corrected chi connectivity index (χ3v) is 3.62. The molecule has 90 valence electrons. The van der Waals surface area contributed by atoms with E-state index in [-0.39, 0.29) is 10.7 Å². The van der Waals surface area contributed by atoms with Gasteiger partial charge in [-0.05, 0) is 6.07 Å². The Kier molecular flexibility index (Phi) is 2.38. The molecule has 1 aromatic carbocycles. The minimum Gasteiger partial charge on any atom is -0.494 e. The van der Waals surface area contributed by atoms with Crippen molar-refractivity contribution in [1.29, 1.82) is 0 Å². The minimum atomic E-state index is -0.349. The number of nitrogens with two attached hydrogens (primary N) is 1. The van der Waals surface area contributed by atoms with Crippen LogP contribution in [0, 0.1) is 0 Å². The molecule has 0 bridgehead atoms. The van der Waals surface area contributed by atoms with Crippen molar-refractivity contribution in [1.82, 2.24) is 9.97 Å². The molecular formula is C12H9N3O2S. The summed E-state index contributed by atoms with van der Waals surface area (Å²) in [6.45, 7) is 0. The van der Waals surface area contributed by atoms with Crippen LogP contribution in [0.15, 0.2) is 29.2 Å². The molecule has 2 aromatic heterocycles. The van der Waals surface area contributed by atoms with Crippen LogP contribution in [0.1, 0.15) is 0 Å². The first kappa shape index (κ1) is 10.9. The maximum atomic E-state index is 11.7. The Labute approximate surface area is 106 Å². The minimum absolute atomic E-state index is 0.253. The average molecular weight is 259 g/mol. The summed E-state index contributed by atoms with van der Waals surface area (Å²) in [6, 6.07) is 5.58. The molecule has 0 fully saturated rings. The first-order chi connectivity index (χ1) is 8.70. The van der Waals surface area contributed by atoms with Crippen molar-refractivity contribution in [3.63, 3.8) is 0 Å². The second-order valence-electron chi connectivity index (χ2n) is 3.71. The number of ether oxygens (including phenoxy) is 1. The van der Waals surface area contributed by atoms with Gasteiger partial charge in [0.25, 0.3) is 5.56 Å². The first-order valence-electron chi connectivity index (χ1n) is 5.23. The van der Waals surface area contributed by atoms with Crippen LogP contribution in [0.2, 0.25) is 0 Å². The number of pyridine rings is 1. The summed E-state index contributed by atoms with van der Waals surface area (Å²) < 4.78 is 6.04. The lowest BCUT2D eigenvalue weighted by atomic mass is 10.2. The van der Waals surface area contributed by atoms with Gasteiger partial charge in [-0.1, -0.05) is 23.5 Å². The lowest BCUT2D eigenvalue weighted by molar-refractivity contribution is 0.419. The molecule has 0 amide bonds. The molecule has 0 aliphatic rings. The second kappa shape index (κ2) is 3.92. The quantitative estimate of drug-likeness (QED) is 0.674. The van der Waals surface area contributed by atoms with Crippen LogP contribution in [0.4, 0.5) is 5.13 Å². The Bertz CT molecular complexity index is 813. The summed E-state index contributed by atoms with van der Waals surface area (Å²) in [4.78, 5) is 19.7. The molecule has 2 heterocycles. The number of para-hydroxylation sites is 1. The number of rotatable bonds is 1. The van der Waals surface area contributed by atoms with Gasteiger partial charge in [-0.25, -0.2) is 0 Å². The largest absolute Gasteiger partial charge is 0.494 e. The number of hydrogen-bond donors (Lipinski definition) is 1. The number of anilines is 1. The van der Waals surface area contributed by atoms with Crippen LogP contribution in [0.3, 0.4) is 0 Å². The van der Waals surface area contributed by atoms with Crippen molar-refractivity contribution in [2.24, 2.45) is 0 Å². The van der Waals surface area contributed by atoms with Gasteiger partial charge >= 0.3 is 0 Å². The van der Waals surface area contributed by atoms with E-state index in [9.17, 15) is 4.79 Å². The summed E-state index contributed by atoms with van der Waals surface area (Å²) in [5.74, 6) is 0.671. The zero-order valence-corrected chi connectivity index (χ0v) is 10.3. The highest BCUT2D eigenvalue weighted by molar-refractivity contribution is 7.22. The van der Waals surface area contributed by atoms with Crippen molar-refractivity contribution >= 4 is 37.5 Å². The van der Waals surface area contributed by atoms with E-state index in [1.807, 2.05) is 18.2 Å². The van der Waals surface area contributed by atoms with Crippen LogP contribution in [0.5, 0.6) is 5.75 Å². The van der Waals surface area contributed by atoms with E-state index in [2.05, 4.69) is 9.97 Å². The molecule has 5 nitrogen and oxygen atoms in total. The van der Waals surface area contributed by atoms with Gasteiger partial charge in [-0.15, -0.1) is 0 Å². The van der Waals surface area contributed by atoms with Crippen molar-refractivity contribution in [3.8, 4) is 5.75 Å². The lowest BCUT2D eigenvalue weighted by Crippen LogP contribution is -2.07. The molecule has 2 N–H and O–H groups in total. The third kappa shape index (κ3) is 1.50. The van der Waals surface area contributed by atoms with E-state index >= 15 is 0 Å². The molecule has 0 atom stereocenters. The fourth-order valence-corrected chi connectivity index (χ4v) is 2.75. The molecule has 3 rings (SSSR count). The van der Waals surface area contributed by atoms with Gasteiger partial charge < -0.3 is 10.5 Å². The number of nitrogen functional groups attached to an aromatic ring is 1. The maximum Gasteiger partial charge on any atom is 0.282 e. The Balaban J connectivity index is 2.58. The predicted octanol–water partition coefficient (Wildman–Crippen LogP) is 1.80. The number of hydrogen-bond acceptors (Lipinski definition) is 6. The normalized spacial score (nSPS) is 10.9. The molecule has 18 heavy (non-hydrogen) atoms. The highest BCUT2D eigenvalue weighted by Crippen LogP contribution is 2.31. The van der Waals surface area contributed by atoms with Crippen LogP contribution < -0.4 is 16.0 Å². The van der Waals surface area contributed by atoms with E-state index in [4.69, 9.17) is 10.5 Å². The van der Waals surface area contributed by atoms with Crippen molar-refractivity contribution in [2.75, 3.05) is 12.8 Å². The molecular weight excluding hydrogens is 250 g/mol. The zero-order valence-electron chi connectivity index (χ0n) is 9.51. The lowest BCUT2D eigenvalue weighted by Gasteiger charge is -2.06. The van der Waals surface area contributed by atoms with Gasteiger partial charge in [0.05, 0.1) is 17.2 Å². The Morgan fingerprint density at radius 3 is 2.94 bits per heavy atom. The van der Waals surface area contributed by atoms with Crippen molar-refractivity contribution in [2.45, 2.75) is 0 Å². The Hall–Kier alpha value is -2.21. The van der Waals surface area contributed by atoms with Gasteiger partial charge in [0.1, 0.15) is 11.3 Å². The van der Waals surface area contributed by atoms with Gasteiger partial charge in [-0.3, -0.25) is 9.78 Å². The molecule has 3 aromatic rings. The summed E-state index contributed by atoms with van der Waals surface area (Å²) in [5, 5.41) is 1.58. The smallest absolute Gasteiger partial charge is 0.282 e. The third-order valence-electron chi connectivity index (χ3n) is 2.68. The molecule has 0 aliphatic carbocycles. The number of fused-ring (bicyclic) bond motifs is 3. The van der Waals surface area contributed by atoms with Crippen LogP contribution in [-0.2, 0) is 0 Å². The Morgan fingerprint density at radius 1 is 1.33 bits per heavy atom. The zero-order chi connectivity index (χ0) is 12.7. The van der Waals surface area contributed by atoms with E-state index in [1.54, 1.807) is 7.11 Å². The van der Waals surface area contributed by atoms with Crippen molar-refractivity contribution in [3.05, 3.63) is 34.7 Å². The number of methoxy groups -OCH3 is 1. The van der Waals surface area contributed by atoms with Gasteiger partial charge in [0.15, 0.2) is 5.13 Å². The number of aromatic nitrogens is 2. The van der Waals surface area contributed by atoms with Gasteiger partial charge in [0, 0.05) is 11.6 Å². The summed E-state index contributed by atoms with van der Waals surface area (Å²) in [5.41, 5.74) is 6.01. The molecule has 0 saturated carbocycles. The molecule has 6 heteroatoms. The van der Waals surface area contributed by atoms with E-state index in [1.165, 1.54) is 17.5 Å². The number of benzene rings is 1. The highest BCUT2D eigenvalue weighted by atomic mass is 32.1. The number of nitrogens with zero attached hydrogens (tertiary/aromatic N) is 2. The average Bonchev–Trinajstić information content (AvgIpc) is 2.37. The highest BCUT2D eigenvalue weighted by Gasteiger charge is 2.10. The molecule has 0 spiro atoms. The molecule has 0 saturated heterocycles. The fourth-order valence-electron chi connectivity index (χ4n) is 1.89. The first-order valence-corrected chi connectivity index (χ1v) is 6.04. The summed E-state index contributed by atoms with van der Waals surface area (Å²) in [7, 11) is 1.59. The standard InChI is InChI=1S/C12H9N3O2S/c1-17-8-4-2-3-6-9(8)14-5-7-10(6)18-12(13)15-11(7)16/h2-5H,1H3,(H2,13,15,16). The van der Waals surface area contributed by atoms with Crippen LogP contribution in [-0.4, -0.2) is 17.1 Å². The van der Waals surface area contributed by atoms with Gasteiger partial charge in [-0.2, -0.15) is 4.98 Å². The van der Waals surface area contributed by atoms with Gasteiger partial charge in [0.2, 0.25) is 0 Å². The Morgan fingerprint density at radius 2 is 2.17 bits per heavy atom. The van der Waals surface area contributed by atoms with E-state index in [0.717, 1.165) is 10.1 Å². The van der Waals surface area contributed by atoms with Crippen molar-refractivity contribution < 1.29 is 4.74 Å². The predicted molar refractivity (Wildman–Crippen MR) is 72.2 cm³/mol. The monoisotopic (exact) mass is 259 g/mol. The summed E-state index contributed by atoms with van der Waals surface area (Å²) >= 11 is 1.28. The van der Waals surface area contributed by atoms with Crippen LogP contribution >= 0.6 is 11.3 Å². The maximum absolute atomic E-state index is 11.7. The molecule has 0 aliphatic heterocycles. The van der Waals surface area contributed by atoms with Crippen LogP contribution in [0.25, 0.3) is 21.0 Å².